The predicted molar refractivity (Wildman–Crippen MR) is 74.5 cm³/mol. The molecule has 2 rings (SSSR count). The second-order valence-corrected chi connectivity index (χ2v) is 3.92. The quantitative estimate of drug-likeness (QED) is 0.559. The van der Waals surface area contributed by atoms with Crippen LogP contribution in [-0.2, 0) is 0 Å². The summed E-state index contributed by atoms with van der Waals surface area (Å²) in [4.78, 5) is 11.0. The van der Waals surface area contributed by atoms with Crippen molar-refractivity contribution in [1.82, 2.24) is 9.97 Å². The van der Waals surface area contributed by atoms with Crippen molar-refractivity contribution in [2.45, 2.75) is 0 Å². The smallest absolute Gasteiger partial charge is 0.208 e. The maximum atomic E-state index is 5.88. The van der Waals surface area contributed by atoms with Gasteiger partial charge in [-0.15, -0.1) is 12.4 Å². The van der Waals surface area contributed by atoms with E-state index in [4.69, 9.17) is 28.9 Å². The molecule has 92 valence electrons. The number of hydrogen-bond acceptors (Lipinski definition) is 2. The van der Waals surface area contributed by atoms with Crippen LogP contribution >= 0.6 is 35.6 Å². The molecule has 0 aliphatic carbocycles. The number of nitrogens with zero attached hydrogens (tertiary/aromatic N) is 2. The van der Waals surface area contributed by atoms with Gasteiger partial charge in [0.2, 0.25) is 5.95 Å². The minimum atomic E-state index is 0. The number of aliphatic imine (C=N–C) groups is 1. The molecule has 0 fully saturated rings. The molecular formula is C9H10Cl3N5. The Kier molecular flexibility index (Phi) is 4.45. The molecule has 0 amide bonds. The lowest BCUT2D eigenvalue weighted by molar-refractivity contribution is 1.29. The summed E-state index contributed by atoms with van der Waals surface area (Å²) in [6.45, 7) is 0. The van der Waals surface area contributed by atoms with Crippen molar-refractivity contribution in [3.8, 4) is 0 Å². The lowest BCUT2D eigenvalue weighted by atomic mass is 10.3. The van der Waals surface area contributed by atoms with Crippen molar-refractivity contribution >= 4 is 58.6 Å². The molecule has 0 unspecified atom stereocenters. The summed E-state index contributed by atoms with van der Waals surface area (Å²) < 4.78 is 0. The lowest BCUT2D eigenvalue weighted by Crippen LogP contribution is -2.22. The van der Waals surface area contributed by atoms with Crippen LogP contribution in [0.2, 0.25) is 10.0 Å². The van der Waals surface area contributed by atoms with Crippen molar-refractivity contribution < 1.29 is 0 Å². The number of imidazole rings is 1. The van der Waals surface area contributed by atoms with Crippen LogP contribution in [0.3, 0.4) is 0 Å². The first kappa shape index (κ1) is 13.9. The van der Waals surface area contributed by atoms with Crippen LogP contribution in [-0.4, -0.2) is 23.0 Å². The summed E-state index contributed by atoms with van der Waals surface area (Å²) in [5.74, 6) is 0.771. The number of halogens is 3. The minimum Gasteiger partial charge on any atom is -0.370 e. The molecule has 0 bridgehead atoms. The number of anilines is 1. The Morgan fingerprint density at radius 2 is 2.06 bits per heavy atom. The molecule has 0 saturated heterocycles. The number of hydrogen-bond donors (Lipinski definition) is 3. The fourth-order valence-corrected chi connectivity index (χ4v) is 1.56. The molecule has 0 spiro atoms. The highest BCUT2D eigenvalue weighted by atomic mass is 35.5. The summed E-state index contributed by atoms with van der Waals surface area (Å²) in [5, 5.41) is 3.73. The van der Waals surface area contributed by atoms with Gasteiger partial charge in [0.05, 0.1) is 21.1 Å². The molecule has 5 nitrogen and oxygen atoms in total. The Hall–Kier alpha value is -1.17. The highest BCUT2D eigenvalue weighted by Crippen LogP contribution is 2.27. The number of aromatic amines is 1. The number of aromatic nitrogens is 2. The number of guanidine groups is 1. The van der Waals surface area contributed by atoms with E-state index < -0.39 is 0 Å². The average Bonchev–Trinajstić information content (AvgIpc) is 2.60. The van der Waals surface area contributed by atoms with Gasteiger partial charge in [-0.3, -0.25) is 10.3 Å². The van der Waals surface area contributed by atoms with Crippen molar-refractivity contribution in [1.29, 1.82) is 0 Å². The van der Waals surface area contributed by atoms with E-state index in [1.54, 1.807) is 19.2 Å². The van der Waals surface area contributed by atoms with Gasteiger partial charge in [-0.1, -0.05) is 23.2 Å². The first-order valence-corrected chi connectivity index (χ1v) is 5.20. The average molecular weight is 295 g/mol. The summed E-state index contributed by atoms with van der Waals surface area (Å²) in [5.41, 5.74) is 7.00. The molecule has 17 heavy (non-hydrogen) atoms. The largest absolute Gasteiger partial charge is 0.370 e. The molecule has 1 aromatic heterocycles. The standard InChI is InChI=1S/C9H9Cl2N5.ClH/c1-13-8(12)16-9-14-6-2-4(10)5(11)3-7(6)15-9;/h2-3H,1H3,(H4,12,13,14,15,16);1H. The second-order valence-electron chi connectivity index (χ2n) is 3.10. The van der Waals surface area contributed by atoms with Gasteiger partial charge in [-0.25, -0.2) is 4.98 Å². The van der Waals surface area contributed by atoms with E-state index in [0.717, 1.165) is 5.52 Å². The van der Waals surface area contributed by atoms with E-state index in [-0.39, 0.29) is 18.4 Å². The van der Waals surface area contributed by atoms with Crippen LogP contribution < -0.4 is 11.1 Å². The normalized spacial score (nSPS) is 11.4. The SMILES string of the molecule is CN=C(N)Nc1nc2cc(Cl)c(Cl)cc2[nH]1.Cl. The van der Waals surface area contributed by atoms with Crippen LogP contribution in [0.25, 0.3) is 11.0 Å². The van der Waals surface area contributed by atoms with Gasteiger partial charge in [-0.05, 0) is 12.1 Å². The zero-order valence-corrected chi connectivity index (χ0v) is 11.1. The summed E-state index contributed by atoms with van der Waals surface area (Å²) in [6, 6.07) is 3.39. The number of fused-ring (bicyclic) bond motifs is 1. The maximum Gasteiger partial charge on any atom is 0.208 e. The number of nitrogens with one attached hydrogen (secondary N) is 2. The number of benzene rings is 1. The molecular weight excluding hydrogens is 284 g/mol. The highest BCUT2D eigenvalue weighted by Gasteiger charge is 2.06. The zero-order chi connectivity index (χ0) is 11.7. The first-order valence-electron chi connectivity index (χ1n) is 4.44. The molecule has 0 aliphatic rings. The third-order valence-corrected chi connectivity index (χ3v) is 2.73. The summed E-state index contributed by atoms with van der Waals surface area (Å²) >= 11 is 11.8. The summed E-state index contributed by atoms with van der Waals surface area (Å²) in [6.07, 6.45) is 0. The predicted octanol–water partition coefficient (Wildman–Crippen LogP) is 2.65. The molecule has 1 heterocycles. The van der Waals surface area contributed by atoms with Gasteiger partial charge in [0, 0.05) is 7.05 Å². The number of nitrogens with two attached hydrogens (primary N) is 1. The van der Waals surface area contributed by atoms with Crippen LogP contribution in [0.15, 0.2) is 17.1 Å². The first-order chi connectivity index (χ1) is 7.60. The van der Waals surface area contributed by atoms with Crippen molar-refractivity contribution in [2.75, 3.05) is 12.4 Å². The zero-order valence-electron chi connectivity index (χ0n) is 8.79. The fourth-order valence-electron chi connectivity index (χ4n) is 1.24. The Morgan fingerprint density at radius 3 is 2.71 bits per heavy atom. The van der Waals surface area contributed by atoms with Crippen molar-refractivity contribution in [3.63, 3.8) is 0 Å². The van der Waals surface area contributed by atoms with Crippen LogP contribution in [0.5, 0.6) is 0 Å². The molecule has 8 heteroatoms. The van der Waals surface area contributed by atoms with Crippen LogP contribution in [0.4, 0.5) is 5.95 Å². The van der Waals surface area contributed by atoms with E-state index in [0.29, 0.717) is 21.5 Å². The highest BCUT2D eigenvalue weighted by molar-refractivity contribution is 6.42. The van der Waals surface area contributed by atoms with Crippen molar-refractivity contribution in [2.24, 2.45) is 10.7 Å². The minimum absolute atomic E-state index is 0. The Morgan fingerprint density at radius 1 is 1.41 bits per heavy atom. The molecule has 0 radical (unpaired) electrons. The molecule has 4 N–H and O–H groups in total. The van der Waals surface area contributed by atoms with Crippen LogP contribution in [0, 0.1) is 0 Å². The molecule has 0 atom stereocenters. The van der Waals surface area contributed by atoms with Gasteiger partial charge in [-0.2, -0.15) is 0 Å². The topological polar surface area (TPSA) is 79.1 Å². The van der Waals surface area contributed by atoms with Gasteiger partial charge >= 0.3 is 0 Å². The third-order valence-electron chi connectivity index (χ3n) is 2.01. The fraction of sp³-hybridized carbons (Fsp3) is 0.111. The Labute approximate surface area is 114 Å². The monoisotopic (exact) mass is 293 g/mol. The van der Waals surface area contributed by atoms with Gasteiger partial charge in [0.15, 0.2) is 5.96 Å². The summed E-state index contributed by atoms with van der Waals surface area (Å²) in [7, 11) is 1.58. The van der Waals surface area contributed by atoms with Crippen LogP contribution in [0.1, 0.15) is 0 Å². The Balaban J connectivity index is 0.00000144. The third kappa shape index (κ3) is 2.94. The van der Waals surface area contributed by atoms with E-state index in [2.05, 4.69) is 20.3 Å². The molecule has 2 aromatic rings. The molecule has 1 aromatic carbocycles. The Bertz CT molecular complexity index is 524. The van der Waals surface area contributed by atoms with E-state index in [1.807, 2.05) is 0 Å². The van der Waals surface area contributed by atoms with Gasteiger partial charge in [0.1, 0.15) is 0 Å². The maximum absolute atomic E-state index is 5.88. The second kappa shape index (κ2) is 5.44. The number of rotatable bonds is 1. The van der Waals surface area contributed by atoms with Gasteiger partial charge in [0.25, 0.3) is 0 Å². The van der Waals surface area contributed by atoms with Gasteiger partial charge < -0.3 is 10.7 Å². The molecule has 0 aliphatic heterocycles. The van der Waals surface area contributed by atoms with Crippen molar-refractivity contribution in [3.05, 3.63) is 22.2 Å². The number of H-pyrrole nitrogens is 1. The van der Waals surface area contributed by atoms with E-state index in [1.165, 1.54) is 0 Å². The van der Waals surface area contributed by atoms with E-state index in [9.17, 15) is 0 Å². The lowest BCUT2D eigenvalue weighted by Gasteiger charge is -1.97. The molecule has 0 saturated carbocycles. The van der Waals surface area contributed by atoms with E-state index >= 15 is 0 Å².